The lowest BCUT2D eigenvalue weighted by atomic mass is 9.61. The van der Waals surface area contributed by atoms with Crippen molar-refractivity contribution >= 4 is 39.1 Å². The van der Waals surface area contributed by atoms with Gasteiger partial charge in [-0.3, -0.25) is 4.79 Å². The van der Waals surface area contributed by atoms with Crippen LogP contribution in [-0.4, -0.2) is 59.8 Å². The molecule has 2 aromatic carbocycles. The number of ketones is 1. The van der Waals surface area contributed by atoms with Crippen LogP contribution >= 0.6 is 22.6 Å². The maximum absolute atomic E-state index is 12.9. The van der Waals surface area contributed by atoms with Crippen LogP contribution in [0.5, 0.6) is 11.5 Å². The van der Waals surface area contributed by atoms with Crippen LogP contribution in [0.2, 0.25) is 0 Å². The molecule has 6 atom stereocenters. The monoisotopic (exact) mass is 496 g/mol. The fraction of sp³-hybridized carbons (Fsp3) is 0.350. The first-order chi connectivity index (χ1) is 13.3. The summed E-state index contributed by atoms with van der Waals surface area (Å²) >= 11 is 1.78. The Bertz CT molecular complexity index is 980. The van der Waals surface area contributed by atoms with Gasteiger partial charge in [0.15, 0.2) is 5.78 Å². The summed E-state index contributed by atoms with van der Waals surface area (Å²) in [7, 11) is 0. The van der Waals surface area contributed by atoms with Crippen molar-refractivity contribution in [3.63, 3.8) is 0 Å². The van der Waals surface area contributed by atoms with E-state index >= 15 is 0 Å². The molecule has 0 bridgehead atoms. The molecule has 146 valence electrons. The third-order valence-electron chi connectivity index (χ3n) is 5.92. The van der Waals surface area contributed by atoms with Crippen molar-refractivity contribution in [2.75, 3.05) is 0 Å². The van der Waals surface area contributed by atoms with Crippen molar-refractivity contribution in [3.8, 4) is 11.5 Å². The Balaban J connectivity index is 1.76. The highest BCUT2D eigenvalue weighted by atomic mass is 127. The summed E-state index contributed by atoms with van der Waals surface area (Å²) in [6.45, 7) is 0. The lowest BCUT2D eigenvalue weighted by molar-refractivity contribution is -0.306. The van der Waals surface area contributed by atoms with E-state index in [2.05, 4.69) is 0 Å². The molecule has 8 heteroatoms. The van der Waals surface area contributed by atoms with Gasteiger partial charge in [0.05, 0.1) is 9.31 Å². The second-order valence-electron chi connectivity index (χ2n) is 7.40. The van der Waals surface area contributed by atoms with Crippen LogP contribution in [0, 0.1) is 5.92 Å². The van der Waals surface area contributed by atoms with E-state index in [0.29, 0.717) is 16.9 Å². The molecule has 3 aliphatic rings. The standard InChI is InChI=1S/C20H17IO7/c21-15-17(24)19(26)13(23)8-7-10(22)16(19)20(18(15)25)27-11-5-1-3-9-4-2-6-12(28-20)14(9)11/h1-8,13,15-18,23-26H/t13-,15-,16-,17-,18+,19+/m0/s1. The Morgan fingerprint density at radius 1 is 0.964 bits per heavy atom. The predicted molar refractivity (Wildman–Crippen MR) is 106 cm³/mol. The first kappa shape index (κ1) is 18.3. The molecule has 0 unspecified atom stereocenters. The second kappa shape index (κ2) is 5.90. The van der Waals surface area contributed by atoms with Gasteiger partial charge in [-0.2, -0.15) is 0 Å². The molecule has 4 N–H and O–H groups in total. The van der Waals surface area contributed by atoms with E-state index in [9.17, 15) is 25.2 Å². The highest BCUT2D eigenvalue weighted by molar-refractivity contribution is 14.1. The van der Waals surface area contributed by atoms with Gasteiger partial charge in [-0.05, 0) is 29.7 Å². The summed E-state index contributed by atoms with van der Waals surface area (Å²) < 4.78 is 11.2. The molecule has 2 aliphatic carbocycles. The number of alkyl halides is 1. The summed E-state index contributed by atoms with van der Waals surface area (Å²) in [5, 5.41) is 45.1. The summed E-state index contributed by atoms with van der Waals surface area (Å²) in [4.78, 5) is 12.9. The van der Waals surface area contributed by atoms with Crippen LogP contribution in [0.1, 0.15) is 0 Å². The predicted octanol–water partition coefficient (Wildman–Crippen LogP) is 0.693. The van der Waals surface area contributed by atoms with Gasteiger partial charge in [-0.15, -0.1) is 0 Å². The van der Waals surface area contributed by atoms with E-state index in [1.807, 2.05) is 12.1 Å². The summed E-state index contributed by atoms with van der Waals surface area (Å²) in [5.74, 6) is -3.39. The molecule has 1 saturated carbocycles. The SMILES string of the molecule is O=C1C=C[C@H](O)[C@@]2(O)[C@H]1C1(Oc3cccc4cccc(c34)O1)[C@H](O)[C@@H](I)[C@@H]2O. The normalized spacial score (nSPS) is 38.0. The fourth-order valence-electron chi connectivity index (χ4n) is 4.57. The zero-order valence-corrected chi connectivity index (χ0v) is 16.6. The Kier molecular flexibility index (Phi) is 3.86. The van der Waals surface area contributed by atoms with Gasteiger partial charge in [0.2, 0.25) is 0 Å². The van der Waals surface area contributed by atoms with Crippen LogP contribution in [0.15, 0.2) is 48.6 Å². The molecule has 0 amide bonds. The number of carbonyl (C=O) groups excluding carboxylic acids is 1. The quantitative estimate of drug-likeness (QED) is 0.314. The Morgan fingerprint density at radius 2 is 1.57 bits per heavy atom. The van der Waals surface area contributed by atoms with Crippen LogP contribution in [0.3, 0.4) is 0 Å². The van der Waals surface area contributed by atoms with Gasteiger partial charge in [0.1, 0.15) is 41.3 Å². The van der Waals surface area contributed by atoms with E-state index in [4.69, 9.17) is 9.47 Å². The number of carbonyl (C=O) groups is 1. The largest absolute Gasteiger partial charge is 0.448 e. The molecule has 5 rings (SSSR count). The number of rotatable bonds is 0. The average Bonchev–Trinajstić information content (AvgIpc) is 2.68. The van der Waals surface area contributed by atoms with Gasteiger partial charge < -0.3 is 29.9 Å². The summed E-state index contributed by atoms with van der Waals surface area (Å²) in [6.07, 6.45) is -2.32. The van der Waals surface area contributed by atoms with Crippen LogP contribution in [-0.2, 0) is 4.79 Å². The zero-order valence-electron chi connectivity index (χ0n) is 14.4. The van der Waals surface area contributed by atoms with Crippen molar-refractivity contribution in [2.24, 2.45) is 5.92 Å². The third kappa shape index (κ3) is 2.09. The van der Waals surface area contributed by atoms with Crippen molar-refractivity contribution in [1.29, 1.82) is 0 Å². The Labute approximate surface area is 173 Å². The minimum Gasteiger partial charge on any atom is -0.448 e. The molecule has 1 heterocycles. The van der Waals surface area contributed by atoms with Crippen molar-refractivity contribution in [3.05, 3.63) is 48.6 Å². The molecule has 0 radical (unpaired) electrons. The lowest BCUT2D eigenvalue weighted by Crippen LogP contribution is -2.80. The van der Waals surface area contributed by atoms with Crippen LogP contribution in [0.4, 0.5) is 0 Å². The highest BCUT2D eigenvalue weighted by Gasteiger charge is 2.73. The van der Waals surface area contributed by atoms with E-state index < -0.39 is 45.3 Å². The van der Waals surface area contributed by atoms with Crippen molar-refractivity contribution in [2.45, 2.75) is 33.6 Å². The first-order valence-corrected chi connectivity index (χ1v) is 10.1. The van der Waals surface area contributed by atoms with Crippen LogP contribution < -0.4 is 9.47 Å². The molecule has 1 aliphatic heterocycles. The zero-order chi connectivity index (χ0) is 19.8. The van der Waals surface area contributed by atoms with E-state index in [0.717, 1.165) is 17.5 Å². The average molecular weight is 496 g/mol. The summed E-state index contributed by atoms with van der Waals surface area (Å²) in [5.41, 5.74) is -2.28. The van der Waals surface area contributed by atoms with Gasteiger partial charge >= 0.3 is 0 Å². The topological polar surface area (TPSA) is 116 Å². The number of hydrogen-bond donors (Lipinski definition) is 4. The highest BCUT2D eigenvalue weighted by Crippen LogP contribution is 2.54. The summed E-state index contributed by atoms with van der Waals surface area (Å²) in [6, 6.07) is 10.7. The van der Waals surface area contributed by atoms with Crippen molar-refractivity contribution in [1.82, 2.24) is 0 Å². The molecule has 0 aromatic heterocycles. The minimum absolute atomic E-state index is 0.387. The molecule has 1 fully saturated rings. The van der Waals surface area contributed by atoms with Gasteiger partial charge in [0, 0.05) is 0 Å². The smallest absolute Gasteiger partial charge is 0.291 e. The van der Waals surface area contributed by atoms with Gasteiger partial charge in [-0.25, -0.2) is 0 Å². The Morgan fingerprint density at radius 3 is 2.18 bits per heavy atom. The number of allylic oxidation sites excluding steroid dienone is 1. The molecule has 0 saturated heterocycles. The maximum atomic E-state index is 12.9. The fourth-order valence-corrected chi connectivity index (χ4v) is 5.65. The minimum atomic E-state index is -2.28. The molecule has 7 nitrogen and oxygen atoms in total. The molecule has 28 heavy (non-hydrogen) atoms. The van der Waals surface area contributed by atoms with Crippen molar-refractivity contribution < 1.29 is 34.7 Å². The number of benzene rings is 2. The third-order valence-corrected chi connectivity index (χ3v) is 7.28. The Hall–Kier alpha value is -1.72. The first-order valence-electron chi connectivity index (χ1n) is 8.83. The molecule has 1 spiro atoms. The molecule has 2 aromatic rings. The number of aliphatic hydroxyl groups excluding tert-OH is 3. The van der Waals surface area contributed by atoms with E-state index in [-0.39, 0.29) is 0 Å². The number of ether oxygens (including phenoxy) is 2. The van der Waals surface area contributed by atoms with E-state index in [1.54, 1.807) is 46.9 Å². The number of halogens is 1. The second-order valence-corrected chi connectivity index (χ2v) is 8.84. The van der Waals surface area contributed by atoms with Gasteiger partial charge in [0.25, 0.3) is 5.79 Å². The van der Waals surface area contributed by atoms with Crippen LogP contribution in [0.25, 0.3) is 10.8 Å². The number of aliphatic hydroxyl groups is 4. The lowest BCUT2D eigenvalue weighted by Gasteiger charge is -2.58. The number of fused-ring (bicyclic) bond motifs is 2. The number of hydrogen-bond acceptors (Lipinski definition) is 7. The molecular formula is C20H17IO7. The molecular weight excluding hydrogens is 479 g/mol. The van der Waals surface area contributed by atoms with Gasteiger partial charge in [-0.1, -0.05) is 46.9 Å². The maximum Gasteiger partial charge on any atom is 0.291 e. The van der Waals surface area contributed by atoms with E-state index in [1.165, 1.54) is 0 Å².